The van der Waals surface area contributed by atoms with Crippen LogP contribution in [0.25, 0.3) is 0 Å². The molecular formula is C16H18ClNO6. The highest BCUT2D eigenvalue weighted by Gasteiger charge is 2.55. The maximum atomic E-state index is 12.7. The molecule has 0 radical (unpaired) electrons. The molecule has 0 aromatic heterocycles. The van der Waals surface area contributed by atoms with E-state index in [1.165, 1.54) is 20.3 Å². The van der Waals surface area contributed by atoms with Gasteiger partial charge in [0.25, 0.3) is 0 Å². The molecule has 2 aliphatic rings. The maximum absolute atomic E-state index is 12.7. The fourth-order valence-electron chi connectivity index (χ4n) is 3.50. The van der Waals surface area contributed by atoms with Crippen LogP contribution >= 0.6 is 11.6 Å². The summed E-state index contributed by atoms with van der Waals surface area (Å²) in [4.78, 5) is 24.2. The number of hydrogen-bond donors (Lipinski definition) is 2. The molecule has 2 heterocycles. The van der Waals surface area contributed by atoms with Crippen LogP contribution < -0.4 is 14.8 Å². The number of halogens is 1. The number of carbonyl (C=O) groups is 2. The molecule has 0 aliphatic carbocycles. The third-order valence-corrected chi connectivity index (χ3v) is 4.89. The van der Waals surface area contributed by atoms with Gasteiger partial charge in [-0.25, -0.2) is 0 Å². The first-order valence-corrected chi connectivity index (χ1v) is 7.94. The van der Waals surface area contributed by atoms with Crippen molar-refractivity contribution in [3.8, 4) is 11.5 Å². The van der Waals surface area contributed by atoms with Gasteiger partial charge in [-0.05, 0) is 12.8 Å². The average molecular weight is 356 g/mol. The first-order valence-electron chi connectivity index (χ1n) is 7.57. The average Bonchev–Trinajstić information content (AvgIpc) is 3.16. The van der Waals surface area contributed by atoms with Crippen LogP contribution in [0.4, 0.5) is 5.69 Å². The van der Waals surface area contributed by atoms with E-state index in [0.29, 0.717) is 35.1 Å². The van der Waals surface area contributed by atoms with Crippen molar-refractivity contribution in [2.45, 2.75) is 25.0 Å². The lowest BCUT2D eigenvalue weighted by atomic mass is 9.78. The molecule has 130 valence electrons. The van der Waals surface area contributed by atoms with Gasteiger partial charge in [0.1, 0.15) is 11.5 Å². The number of carbonyl (C=O) groups excluding carboxylic acids is 1. The SMILES string of the molecule is COc1cc(NC(=O)C2C3CCC(O3)C2C(=O)O)c(OC)cc1Cl. The molecule has 2 aliphatic heterocycles. The van der Waals surface area contributed by atoms with E-state index in [0.717, 1.165) is 0 Å². The molecule has 24 heavy (non-hydrogen) atoms. The van der Waals surface area contributed by atoms with Gasteiger partial charge in [0.2, 0.25) is 5.91 Å². The summed E-state index contributed by atoms with van der Waals surface area (Å²) in [5.41, 5.74) is 0.371. The molecule has 2 bridgehead atoms. The summed E-state index contributed by atoms with van der Waals surface area (Å²) < 4.78 is 16.0. The van der Waals surface area contributed by atoms with E-state index in [2.05, 4.69) is 5.32 Å². The minimum Gasteiger partial charge on any atom is -0.495 e. The summed E-state index contributed by atoms with van der Waals surface area (Å²) in [6, 6.07) is 3.07. The van der Waals surface area contributed by atoms with Crippen molar-refractivity contribution in [3.05, 3.63) is 17.2 Å². The molecular weight excluding hydrogens is 338 g/mol. The number of carboxylic acids is 1. The van der Waals surface area contributed by atoms with Gasteiger partial charge in [-0.1, -0.05) is 11.6 Å². The van der Waals surface area contributed by atoms with Gasteiger partial charge in [0.05, 0.1) is 49.0 Å². The topological polar surface area (TPSA) is 94.1 Å². The van der Waals surface area contributed by atoms with Gasteiger partial charge in [0.15, 0.2) is 0 Å². The standard InChI is InChI=1S/C16H18ClNO6/c1-22-11-6-8(12(23-2)5-7(11)17)18-15(19)13-9-3-4-10(24-9)14(13)16(20)21/h5-6,9-10,13-14H,3-4H2,1-2H3,(H,18,19)(H,20,21). The fourth-order valence-corrected chi connectivity index (χ4v) is 3.73. The van der Waals surface area contributed by atoms with E-state index in [1.54, 1.807) is 6.07 Å². The zero-order valence-electron chi connectivity index (χ0n) is 13.2. The van der Waals surface area contributed by atoms with Crippen LogP contribution in [0, 0.1) is 11.8 Å². The molecule has 2 fully saturated rings. The van der Waals surface area contributed by atoms with Crippen molar-refractivity contribution in [1.29, 1.82) is 0 Å². The van der Waals surface area contributed by atoms with Gasteiger partial charge < -0.3 is 24.6 Å². The van der Waals surface area contributed by atoms with Crippen molar-refractivity contribution >= 4 is 29.2 Å². The van der Waals surface area contributed by atoms with Gasteiger partial charge in [0, 0.05) is 12.1 Å². The lowest BCUT2D eigenvalue weighted by Gasteiger charge is -2.24. The normalized spacial score (nSPS) is 27.8. The maximum Gasteiger partial charge on any atom is 0.310 e. The van der Waals surface area contributed by atoms with Gasteiger partial charge in [-0.2, -0.15) is 0 Å². The number of anilines is 1. The van der Waals surface area contributed by atoms with Gasteiger partial charge in [-0.3, -0.25) is 9.59 Å². The Bertz CT molecular complexity index is 679. The number of aliphatic carboxylic acids is 1. The second-order valence-corrected chi connectivity index (χ2v) is 6.26. The van der Waals surface area contributed by atoms with Gasteiger partial charge in [-0.15, -0.1) is 0 Å². The van der Waals surface area contributed by atoms with Crippen LogP contribution in [0.1, 0.15) is 12.8 Å². The van der Waals surface area contributed by atoms with E-state index in [9.17, 15) is 14.7 Å². The second-order valence-electron chi connectivity index (χ2n) is 5.86. The van der Waals surface area contributed by atoms with E-state index in [4.69, 9.17) is 25.8 Å². The quantitative estimate of drug-likeness (QED) is 0.840. The minimum absolute atomic E-state index is 0.346. The highest BCUT2D eigenvalue weighted by Crippen LogP contribution is 2.44. The first-order chi connectivity index (χ1) is 11.5. The van der Waals surface area contributed by atoms with Crippen LogP contribution in [0.5, 0.6) is 11.5 Å². The predicted molar refractivity (Wildman–Crippen MR) is 85.7 cm³/mol. The Balaban J connectivity index is 1.86. The number of fused-ring (bicyclic) bond motifs is 2. The predicted octanol–water partition coefficient (Wildman–Crippen LogP) is 2.17. The van der Waals surface area contributed by atoms with E-state index >= 15 is 0 Å². The third-order valence-electron chi connectivity index (χ3n) is 4.59. The number of nitrogens with one attached hydrogen (secondary N) is 1. The molecule has 2 saturated heterocycles. The highest BCUT2D eigenvalue weighted by molar-refractivity contribution is 6.32. The molecule has 1 aromatic carbocycles. The van der Waals surface area contributed by atoms with Crippen molar-refractivity contribution < 1.29 is 28.9 Å². The van der Waals surface area contributed by atoms with Crippen LogP contribution in [0.15, 0.2) is 12.1 Å². The number of rotatable bonds is 5. The molecule has 0 saturated carbocycles. The Morgan fingerprint density at radius 1 is 1.17 bits per heavy atom. The molecule has 1 aromatic rings. The second kappa shape index (κ2) is 6.49. The summed E-state index contributed by atoms with van der Waals surface area (Å²) >= 11 is 6.04. The summed E-state index contributed by atoms with van der Waals surface area (Å²) in [6.07, 6.45) is 0.595. The Morgan fingerprint density at radius 3 is 2.38 bits per heavy atom. The smallest absolute Gasteiger partial charge is 0.310 e. The minimum atomic E-state index is -1.01. The molecule has 4 atom stereocenters. The largest absolute Gasteiger partial charge is 0.495 e. The molecule has 1 amide bonds. The fraction of sp³-hybridized carbons (Fsp3) is 0.500. The summed E-state index contributed by atoms with van der Waals surface area (Å²) in [5, 5.41) is 12.5. The van der Waals surface area contributed by atoms with Crippen molar-refractivity contribution in [1.82, 2.24) is 0 Å². The lowest BCUT2D eigenvalue weighted by molar-refractivity contribution is -0.147. The monoisotopic (exact) mass is 355 g/mol. The summed E-state index contributed by atoms with van der Waals surface area (Å²) in [5.74, 6) is -2.23. The van der Waals surface area contributed by atoms with Crippen LogP contribution in [0.3, 0.4) is 0 Å². The van der Waals surface area contributed by atoms with E-state index < -0.39 is 29.8 Å². The Morgan fingerprint density at radius 2 is 1.79 bits per heavy atom. The molecule has 0 spiro atoms. The molecule has 8 heteroatoms. The zero-order valence-corrected chi connectivity index (χ0v) is 14.0. The Kier molecular flexibility index (Phi) is 4.56. The summed E-state index contributed by atoms with van der Waals surface area (Å²) in [6.45, 7) is 0. The zero-order chi connectivity index (χ0) is 17.4. The number of carboxylic acid groups (broad SMARTS) is 1. The van der Waals surface area contributed by atoms with Crippen molar-refractivity contribution in [2.24, 2.45) is 11.8 Å². The van der Waals surface area contributed by atoms with Crippen LogP contribution in [0.2, 0.25) is 5.02 Å². The Labute approximate surface area is 143 Å². The van der Waals surface area contributed by atoms with E-state index in [-0.39, 0.29) is 6.10 Å². The highest BCUT2D eigenvalue weighted by atomic mass is 35.5. The van der Waals surface area contributed by atoms with Crippen molar-refractivity contribution in [3.63, 3.8) is 0 Å². The number of benzene rings is 1. The number of amides is 1. The first kappa shape index (κ1) is 16.9. The van der Waals surface area contributed by atoms with Crippen LogP contribution in [-0.2, 0) is 14.3 Å². The molecule has 3 rings (SSSR count). The lowest BCUT2D eigenvalue weighted by Crippen LogP contribution is -2.41. The number of ether oxygens (including phenoxy) is 3. The number of hydrogen-bond acceptors (Lipinski definition) is 5. The van der Waals surface area contributed by atoms with Crippen LogP contribution in [-0.4, -0.2) is 43.4 Å². The molecule has 7 nitrogen and oxygen atoms in total. The molecule has 4 unspecified atom stereocenters. The van der Waals surface area contributed by atoms with Gasteiger partial charge >= 0.3 is 5.97 Å². The van der Waals surface area contributed by atoms with Crippen molar-refractivity contribution in [2.75, 3.05) is 19.5 Å². The Hall–Kier alpha value is -1.99. The number of methoxy groups -OCH3 is 2. The molecule has 2 N–H and O–H groups in total. The van der Waals surface area contributed by atoms with E-state index in [1.807, 2.05) is 0 Å². The third kappa shape index (κ3) is 2.78. The summed E-state index contributed by atoms with van der Waals surface area (Å²) in [7, 11) is 2.91.